The van der Waals surface area contributed by atoms with Crippen LogP contribution < -0.4 is 5.73 Å². The van der Waals surface area contributed by atoms with E-state index in [9.17, 15) is 4.79 Å². The van der Waals surface area contributed by atoms with E-state index in [0.29, 0.717) is 13.1 Å². The van der Waals surface area contributed by atoms with Crippen molar-refractivity contribution in [1.29, 1.82) is 0 Å². The molecule has 0 saturated carbocycles. The Labute approximate surface area is 73.3 Å². The molecule has 4 heteroatoms. The molecule has 1 atom stereocenters. The summed E-state index contributed by atoms with van der Waals surface area (Å²) in [6.45, 7) is 4.92. The topological polar surface area (TPSA) is 49.6 Å². The van der Waals surface area contributed by atoms with Gasteiger partial charge >= 0.3 is 0 Å². The van der Waals surface area contributed by atoms with Gasteiger partial charge in [0.1, 0.15) is 0 Å². The van der Waals surface area contributed by atoms with Crippen molar-refractivity contribution >= 4 is 5.91 Å². The quantitative estimate of drug-likeness (QED) is 0.586. The Morgan fingerprint density at radius 1 is 1.58 bits per heavy atom. The van der Waals surface area contributed by atoms with E-state index >= 15 is 0 Å². The highest BCUT2D eigenvalue weighted by molar-refractivity contribution is 5.79. The van der Waals surface area contributed by atoms with E-state index < -0.39 is 0 Å². The zero-order chi connectivity index (χ0) is 9.14. The second-order valence-electron chi connectivity index (χ2n) is 3.55. The van der Waals surface area contributed by atoms with Crippen LogP contribution in [-0.2, 0) is 4.79 Å². The zero-order valence-corrected chi connectivity index (χ0v) is 7.79. The highest BCUT2D eigenvalue weighted by Gasteiger charge is 2.21. The summed E-state index contributed by atoms with van der Waals surface area (Å²) < 4.78 is 0. The van der Waals surface area contributed by atoms with Crippen LogP contribution in [0.15, 0.2) is 0 Å². The first-order valence-electron chi connectivity index (χ1n) is 4.31. The van der Waals surface area contributed by atoms with Crippen LogP contribution in [0.1, 0.15) is 6.92 Å². The van der Waals surface area contributed by atoms with Gasteiger partial charge in [0.15, 0.2) is 0 Å². The molecule has 1 aliphatic heterocycles. The van der Waals surface area contributed by atoms with Crippen LogP contribution in [0.2, 0.25) is 0 Å². The number of rotatable bonds is 2. The first kappa shape index (κ1) is 9.48. The Balaban J connectivity index is 2.40. The largest absolute Gasteiger partial charge is 0.339 e. The third-order valence-electron chi connectivity index (χ3n) is 2.02. The molecule has 1 aliphatic rings. The number of carbonyl (C=O) groups excluding carboxylic acids is 1. The molecule has 0 spiro atoms. The van der Waals surface area contributed by atoms with E-state index in [2.05, 4.69) is 0 Å². The molecule has 1 amide bonds. The lowest BCUT2D eigenvalue weighted by Gasteiger charge is -2.33. The Morgan fingerprint density at radius 3 is 2.75 bits per heavy atom. The Kier molecular flexibility index (Phi) is 3.05. The van der Waals surface area contributed by atoms with Crippen molar-refractivity contribution in [1.82, 2.24) is 9.80 Å². The van der Waals surface area contributed by atoms with E-state index in [-0.39, 0.29) is 11.9 Å². The normalized spacial score (nSPS) is 22.9. The minimum Gasteiger partial charge on any atom is -0.339 e. The Bertz CT molecular complexity index is 170. The minimum atomic E-state index is 0.0809. The molecule has 1 unspecified atom stereocenters. The first-order valence-corrected chi connectivity index (χ1v) is 4.31. The van der Waals surface area contributed by atoms with Crippen molar-refractivity contribution in [2.75, 3.05) is 33.2 Å². The fraction of sp³-hybridized carbons (Fsp3) is 0.875. The van der Waals surface area contributed by atoms with Crippen LogP contribution in [0, 0.1) is 0 Å². The number of carbonyl (C=O) groups is 1. The van der Waals surface area contributed by atoms with Crippen LogP contribution >= 0.6 is 0 Å². The molecule has 0 radical (unpaired) electrons. The van der Waals surface area contributed by atoms with E-state index in [4.69, 9.17) is 5.73 Å². The van der Waals surface area contributed by atoms with E-state index in [0.717, 1.165) is 13.1 Å². The molecular formula is C8H17N3O. The fourth-order valence-electron chi connectivity index (χ4n) is 1.37. The van der Waals surface area contributed by atoms with Crippen molar-refractivity contribution in [3.63, 3.8) is 0 Å². The summed E-state index contributed by atoms with van der Waals surface area (Å²) in [5, 5.41) is 0. The monoisotopic (exact) mass is 171 g/mol. The smallest absolute Gasteiger partial charge is 0.236 e. The average Bonchev–Trinajstić information content (AvgIpc) is 1.94. The van der Waals surface area contributed by atoms with Crippen molar-refractivity contribution in [2.24, 2.45) is 5.73 Å². The van der Waals surface area contributed by atoms with Gasteiger partial charge in [-0.15, -0.1) is 0 Å². The van der Waals surface area contributed by atoms with Crippen LogP contribution in [-0.4, -0.2) is 55.0 Å². The van der Waals surface area contributed by atoms with Gasteiger partial charge in [-0.3, -0.25) is 9.69 Å². The molecule has 0 bridgehead atoms. The van der Waals surface area contributed by atoms with E-state index in [1.165, 1.54) is 0 Å². The maximum atomic E-state index is 11.4. The Hall–Kier alpha value is -0.610. The molecule has 70 valence electrons. The molecule has 1 rings (SSSR count). The first-order chi connectivity index (χ1) is 5.59. The summed E-state index contributed by atoms with van der Waals surface area (Å²) in [6.07, 6.45) is 0. The van der Waals surface area contributed by atoms with Crippen molar-refractivity contribution in [3.8, 4) is 0 Å². The van der Waals surface area contributed by atoms with Gasteiger partial charge in [0.2, 0.25) is 5.91 Å². The van der Waals surface area contributed by atoms with Crippen LogP contribution in [0.4, 0.5) is 0 Å². The van der Waals surface area contributed by atoms with Gasteiger partial charge < -0.3 is 10.6 Å². The maximum Gasteiger partial charge on any atom is 0.236 e. The lowest BCUT2D eigenvalue weighted by atomic mass is 10.2. The molecule has 1 saturated heterocycles. The van der Waals surface area contributed by atoms with Crippen LogP contribution in [0.25, 0.3) is 0 Å². The fourth-order valence-corrected chi connectivity index (χ4v) is 1.37. The summed E-state index contributed by atoms with van der Waals surface area (Å²) in [6, 6.07) is 0.0809. The van der Waals surface area contributed by atoms with E-state index in [1.807, 2.05) is 23.8 Å². The Morgan fingerprint density at radius 2 is 2.25 bits per heavy atom. The summed E-state index contributed by atoms with van der Waals surface area (Å²) in [7, 11) is 1.96. The number of likely N-dealkylation sites (N-methyl/N-ethyl adjacent to an activating group) is 1. The summed E-state index contributed by atoms with van der Waals surface area (Å²) in [5.74, 6) is 0.195. The van der Waals surface area contributed by atoms with Crippen LogP contribution in [0.3, 0.4) is 0 Å². The van der Waals surface area contributed by atoms with Gasteiger partial charge in [-0.2, -0.15) is 0 Å². The molecule has 4 nitrogen and oxygen atoms in total. The van der Waals surface area contributed by atoms with Crippen molar-refractivity contribution in [2.45, 2.75) is 13.0 Å². The summed E-state index contributed by atoms with van der Waals surface area (Å²) >= 11 is 0. The molecule has 0 aromatic rings. The predicted molar refractivity (Wildman–Crippen MR) is 47.7 cm³/mol. The van der Waals surface area contributed by atoms with Gasteiger partial charge in [-0.1, -0.05) is 0 Å². The molecule has 0 aromatic heterocycles. The van der Waals surface area contributed by atoms with E-state index in [1.54, 1.807) is 0 Å². The van der Waals surface area contributed by atoms with Crippen molar-refractivity contribution in [3.05, 3.63) is 0 Å². The highest BCUT2D eigenvalue weighted by Crippen LogP contribution is 2.00. The number of amides is 1. The molecule has 2 N–H and O–H groups in total. The van der Waals surface area contributed by atoms with Gasteiger partial charge in [0.25, 0.3) is 0 Å². The SMILES string of the molecule is CC(N)CN1CCN(C)CC1=O. The van der Waals surface area contributed by atoms with Gasteiger partial charge in [-0.25, -0.2) is 0 Å². The lowest BCUT2D eigenvalue weighted by molar-refractivity contribution is -0.135. The van der Waals surface area contributed by atoms with Gasteiger partial charge in [0.05, 0.1) is 6.54 Å². The molecule has 0 aliphatic carbocycles. The molecule has 0 aromatic carbocycles. The number of nitrogens with zero attached hydrogens (tertiary/aromatic N) is 2. The standard InChI is InChI=1S/C8H17N3O/c1-7(9)5-11-4-3-10(2)6-8(11)12/h7H,3-6,9H2,1-2H3. The second kappa shape index (κ2) is 3.87. The molecule has 1 heterocycles. The highest BCUT2D eigenvalue weighted by atomic mass is 16.2. The number of hydrogen-bond acceptors (Lipinski definition) is 3. The zero-order valence-electron chi connectivity index (χ0n) is 7.79. The lowest BCUT2D eigenvalue weighted by Crippen LogP contribution is -2.51. The number of piperazine rings is 1. The third kappa shape index (κ3) is 2.46. The minimum absolute atomic E-state index is 0.0809. The summed E-state index contributed by atoms with van der Waals surface area (Å²) in [4.78, 5) is 15.2. The van der Waals surface area contributed by atoms with Gasteiger partial charge in [0, 0.05) is 25.7 Å². The van der Waals surface area contributed by atoms with Crippen molar-refractivity contribution < 1.29 is 4.79 Å². The molecule has 1 fully saturated rings. The van der Waals surface area contributed by atoms with Gasteiger partial charge in [-0.05, 0) is 14.0 Å². The molecule has 12 heavy (non-hydrogen) atoms. The third-order valence-corrected chi connectivity index (χ3v) is 2.02. The summed E-state index contributed by atoms with van der Waals surface area (Å²) in [5.41, 5.74) is 5.61. The van der Waals surface area contributed by atoms with Crippen LogP contribution in [0.5, 0.6) is 0 Å². The number of hydrogen-bond donors (Lipinski definition) is 1. The predicted octanol–water partition coefficient (Wildman–Crippen LogP) is -0.892. The molecular weight excluding hydrogens is 154 g/mol. The number of nitrogens with two attached hydrogens (primary N) is 1. The maximum absolute atomic E-state index is 11.4. The second-order valence-corrected chi connectivity index (χ2v) is 3.55. The average molecular weight is 171 g/mol.